The summed E-state index contributed by atoms with van der Waals surface area (Å²) < 4.78 is 0. The summed E-state index contributed by atoms with van der Waals surface area (Å²) in [6.45, 7) is 6.66. The smallest absolute Gasteiger partial charge is 0.326 e. The van der Waals surface area contributed by atoms with E-state index in [9.17, 15) is 43.2 Å². The van der Waals surface area contributed by atoms with Gasteiger partial charge in [0.05, 0.1) is 18.6 Å². The van der Waals surface area contributed by atoms with Crippen LogP contribution >= 0.6 is 0 Å². The number of nitrogens with two attached hydrogens (primary N) is 1. The van der Waals surface area contributed by atoms with Crippen LogP contribution < -0.4 is 43.0 Å². The van der Waals surface area contributed by atoms with Gasteiger partial charge in [-0.3, -0.25) is 38.4 Å². The highest BCUT2D eigenvalue weighted by Crippen LogP contribution is 2.08. The summed E-state index contributed by atoms with van der Waals surface area (Å²) in [5.74, 6) is -1.59. The molecular weight excluding hydrogens is 712 g/mol. The van der Waals surface area contributed by atoms with E-state index in [0.29, 0.717) is 38.3 Å². The van der Waals surface area contributed by atoms with Crippen molar-refractivity contribution in [2.24, 2.45) is 17.6 Å². The SMILES string of the molecule is CC1CCC(=O)N1.CC1CCNC1=O.NCC1CCC(=O)N1.O=C1CC(C(=O)O)CN1.O=C1CCC(CO)N1.O=C1CCCN1.O=C1CC[C@@H](C(=O)O)N1. The Morgan fingerprint density at radius 1 is 0.630 bits per heavy atom. The van der Waals surface area contributed by atoms with Gasteiger partial charge < -0.3 is 58.3 Å². The molecule has 0 aromatic heterocycles. The Kier molecular flexibility index (Phi) is 22.7. The lowest BCUT2D eigenvalue weighted by Gasteiger charge is -2.02. The van der Waals surface area contributed by atoms with E-state index in [2.05, 4.69) is 37.2 Å². The van der Waals surface area contributed by atoms with Crippen molar-refractivity contribution in [2.45, 2.75) is 115 Å². The Morgan fingerprint density at radius 3 is 1.39 bits per heavy atom. The fourth-order valence-electron chi connectivity index (χ4n) is 5.30. The van der Waals surface area contributed by atoms with Gasteiger partial charge in [0, 0.05) is 82.7 Å². The summed E-state index contributed by atoms with van der Waals surface area (Å²) in [5.41, 5.74) is 5.28. The molecule has 7 saturated heterocycles. The van der Waals surface area contributed by atoms with Gasteiger partial charge in [-0.2, -0.15) is 0 Å². The first kappa shape index (κ1) is 47.2. The number of nitrogens with one attached hydrogen (secondary N) is 7. The maximum atomic E-state index is 10.5. The van der Waals surface area contributed by atoms with Gasteiger partial charge in [0.15, 0.2) is 0 Å². The highest BCUT2D eigenvalue weighted by molar-refractivity contribution is 5.87. The van der Waals surface area contributed by atoms with Gasteiger partial charge in [-0.1, -0.05) is 6.92 Å². The zero-order valence-corrected chi connectivity index (χ0v) is 31.1. The van der Waals surface area contributed by atoms with Gasteiger partial charge in [-0.25, -0.2) is 4.79 Å². The van der Waals surface area contributed by atoms with E-state index < -0.39 is 23.9 Å². The molecule has 0 bridgehead atoms. The molecule has 7 fully saturated rings. The average molecular weight is 771 g/mol. The fourth-order valence-corrected chi connectivity index (χ4v) is 5.30. The van der Waals surface area contributed by atoms with Gasteiger partial charge in [0.1, 0.15) is 6.04 Å². The Morgan fingerprint density at radius 2 is 1.20 bits per heavy atom. The highest BCUT2D eigenvalue weighted by Gasteiger charge is 2.27. The monoisotopic (exact) mass is 770 g/mol. The number of carboxylic acids is 2. The van der Waals surface area contributed by atoms with E-state index in [-0.39, 0.29) is 78.9 Å². The van der Waals surface area contributed by atoms with E-state index in [1.807, 2.05) is 13.8 Å². The zero-order valence-electron chi connectivity index (χ0n) is 31.1. The largest absolute Gasteiger partial charge is 0.481 e. The Balaban J connectivity index is 0.000000316. The molecule has 6 atom stereocenters. The molecule has 54 heavy (non-hydrogen) atoms. The van der Waals surface area contributed by atoms with Gasteiger partial charge in [0.2, 0.25) is 41.4 Å². The lowest BCUT2D eigenvalue weighted by Crippen LogP contribution is -2.32. The van der Waals surface area contributed by atoms with Crippen molar-refractivity contribution < 1.29 is 58.5 Å². The minimum atomic E-state index is -0.944. The molecule has 20 nitrogen and oxygen atoms in total. The Hall–Kier alpha value is -4.85. The lowest BCUT2D eigenvalue weighted by atomic mass is 10.1. The van der Waals surface area contributed by atoms with Crippen molar-refractivity contribution in [2.75, 3.05) is 32.8 Å². The number of carbonyl (C=O) groups is 9. The number of rotatable bonds is 4. The first-order chi connectivity index (χ1) is 25.5. The molecule has 20 heteroatoms. The highest BCUT2D eigenvalue weighted by atomic mass is 16.4. The van der Waals surface area contributed by atoms with E-state index in [1.165, 1.54) is 0 Å². The molecule has 7 amide bonds. The topological polar surface area (TPSA) is 325 Å². The normalized spacial score (nSPS) is 27.1. The number of carboxylic acid groups (broad SMARTS) is 2. The van der Waals surface area contributed by atoms with Crippen LogP contribution in [0.25, 0.3) is 0 Å². The van der Waals surface area contributed by atoms with Crippen LogP contribution in [-0.4, -0.2) is 126 Å². The number of hydrogen-bond acceptors (Lipinski definition) is 11. The fraction of sp³-hybridized carbons (Fsp3) is 0.735. The van der Waals surface area contributed by atoms with Crippen LogP contribution in [0.2, 0.25) is 0 Å². The average Bonchev–Trinajstić information content (AvgIpc) is 3.98. The number of aliphatic carboxylic acids is 2. The number of aliphatic hydroxyl groups is 1. The minimum absolute atomic E-state index is 0.0301. The lowest BCUT2D eigenvalue weighted by molar-refractivity contribution is -0.142. The van der Waals surface area contributed by atoms with Crippen molar-refractivity contribution in [3.05, 3.63) is 0 Å². The van der Waals surface area contributed by atoms with Crippen LogP contribution in [0.4, 0.5) is 0 Å². The van der Waals surface area contributed by atoms with Crippen molar-refractivity contribution in [1.82, 2.24) is 37.2 Å². The quantitative estimate of drug-likeness (QED) is 0.140. The van der Waals surface area contributed by atoms with E-state index >= 15 is 0 Å². The van der Waals surface area contributed by atoms with Crippen molar-refractivity contribution >= 4 is 53.3 Å². The predicted octanol–water partition coefficient (Wildman–Crippen LogP) is -2.64. The summed E-state index contributed by atoms with van der Waals surface area (Å²) in [6, 6.07) is 0.0648. The van der Waals surface area contributed by atoms with Crippen LogP contribution in [0.1, 0.15) is 90.9 Å². The summed E-state index contributed by atoms with van der Waals surface area (Å²) in [7, 11) is 0. The van der Waals surface area contributed by atoms with E-state index in [0.717, 1.165) is 58.0 Å². The number of hydrogen-bond donors (Lipinski definition) is 11. The second-order valence-electron chi connectivity index (χ2n) is 13.5. The molecule has 12 N–H and O–H groups in total. The summed E-state index contributed by atoms with van der Waals surface area (Å²) >= 11 is 0. The molecule has 0 aromatic rings. The standard InChI is InChI=1S/C5H10N2O.2C5H7NO3.C5H9NO2.2C5H9NO.C4H7NO/c6-3-4-1-2-5(8)7-4;7-4-1-3(2-6-4)5(8)9;7-4-2-1-3(6-4)5(8)9;7-3-4-1-2-5(8)6-4;1-4-2-3-6-5(4)7;1-4-2-3-5(7)6-4;6-4-2-1-3-5-4/h4H,1-3,6H2,(H,7,8);2*3H,1-2H2,(H,6,7)(H,8,9);4,7H,1-3H2,(H,6,8);2*4H,2-3H2,1H3,(H,6,7);1-3H2,(H,5,6)/t;;3-;;;;/m..0..../s1. The summed E-state index contributed by atoms with van der Waals surface area (Å²) in [5, 5.41) is 43.4. The third kappa shape index (κ3) is 21.0. The number of carbonyl (C=O) groups excluding carboxylic acids is 7. The van der Waals surface area contributed by atoms with Gasteiger partial charge in [0.25, 0.3) is 0 Å². The third-order valence-electron chi connectivity index (χ3n) is 8.73. The third-order valence-corrected chi connectivity index (χ3v) is 8.73. The van der Waals surface area contributed by atoms with E-state index in [1.54, 1.807) is 0 Å². The van der Waals surface area contributed by atoms with Crippen LogP contribution in [-0.2, 0) is 43.2 Å². The molecule has 7 aliphatic heterocycles. The van der Waals surface area contributed by atoms with Crippen molar-refractivity contribution in [3.63, 3.8) is 0 Å². The van der Waals surface area contributed by atoms with Crippen molar-refractivity contribution in [1.29, 1.82) is 0 Å². The molecule has 0 aromatic carbocycles. The molecule has 7 rings (SSSR count). The van der Waals surface area contributed by atoms with Crippen molar-refractivity contribution in [3.8, 4) is 0 Å². The maximum Gasteiger partial charge on any atom is 0.326 e. The predicted molar refractivity (Wildman–Crippen MR) is 192 cm³/mol. The molecule has 0 aliphatic carbocycles. The molecule has 0 spiro atoms. The molecular formula is C34H58N8O12. The van der Waals surface area contributed by atoms with Gasteiger partial charge >= 0.3 is 11.9 Å². The maximum absolute atomic E-state index is 10.5. The Labute approximate surface area is 314 Å². The molecule has 5 unspecified atom stereocenters. The minimum Gasteiger partial charge on any atom is -0.481 e. The Bertz CT molecular complexity index is 1230. The molecule has 0 radical (unpaired) electrons. The number of aliphatic hydroxyl groups excluding tert-OH is 1. The summed E-state index contributed by atoms with van der Waals surface area (Å²) in [6.07, 6.45) is 8.34. The summed E-state index contributed by atoms with van der Waals surface area (Å²) in [4.78, 5) is 92.8. The van der Waals surface area contributed by atoms with Gasteiger partial charge in [-0.15, -0.1) is 0 Å². The first-order valence-corrected chi connectivity index (χ1v) is 18.3. The molecule has 7 heterocycles. The van der Waals surface area contributed by atoms with Crippen LogP contribution in [0.5, 0.6) is 0 Å². The second kappa shape index (κ2) is 26.0. The first-order valence-electron chi connectivity index (χ1n) is 18.3. The van der Waals surface area contributed by atoms with Gasteiger partial charge in [-0.05, 0) is 45.4 Å². The zero-order chi connectivity index (χ0) is 40.6. The number of amides is 7. The van der Waals surface area contributed by atoms with Crippen LogP contribution in [0.3, 0.4) is 0 Å². The molecule has 0 saturated carbocycles. The molecule has 7 aliphatic rings. The second-order valence-corrected chi connectivity index (χ2v) is 13.5. The van der Waals surface area contributed by atoms with E-state index in [4.69, 9.17) is 21.1 Å². The molecule has 306 valence electrons. The van der Waals surface area contributed by atoms with Crippen LogP contribution in [0, 0.1) is 11.8 Å². The van der Waals surface area contributed by atoms with Crippen LogP contribution in [0.15, 0.2) is 0 Å².